The molecule has 0 aliphatic carbocycles. The second-order valence-electron chi connectivity index (χ2n) is 6.20. The molecule has 2 aromatic heterocycles. The fourth-order valence-corrected chi connectivity index (χ4v) is 3.86. The van der Waals surface area contributed by atoms with E-state index in [1.54, 1.807) is 53.8 Å². The molecule has 0 saturated heterocycles. The maximum Gasteiger partial charge on any atom is 0.935 e. The van der Waals surface area contributed by atoms with Gasteiger partial charge in [-0.15, -0.1) is 11.3 Å². The summed E-state index contributed by atoms with van der Waals surface area (Å²) >= 11 is 1.63. The van der Waals surface area contributed by atoms with Gasteiger partial charge in [0.1, 0.15) is 5.75 Å². The highest BCUT2D eigenvalue weighted by Crippen LogP contribution is 2.26. The monoisotopic (exact) mass is 395 g/mol. The minimum absolute atomic E-state index is 0.443. The van der Waals surface area contributed by atoms with Crippen molar-refractivity contribution in [2.24, 2.45) is 0 Å². The van der Waals surface area contributed by atoms with Crippen LogP contribution in [-0.2, 0) is 0 Å². The molecule has 7 heteroatoms. The van der Waals surface area contributed by atoms with Gasteiger partial charge in [0.2, 0.25) is 0 Å². The van der Waals surface area contributed by atoms with Crippen LogP contribution in [0.5, 0.6) is 5.75 Å². The van der Waals surface area contributed by atoms with Crippen molar-refractivity contribution in [3.63, 3.8) is 0 Å². The molecule has 3 nitrogen and oxygen atoms in total. The molecule has 3 heterocycles. The topological polar surface area (TPSA) is 28.0 Å². The molecule has 1 N–H and O–H groups in total. The number of benzene rings is 1. The Morgan fingerprint density at radius 3 is 2.61 bits per heavy atom. The molecule has 0 atom stereocenters. The zero-order valence-electron chi connectivity index (χ0n) is 15.2. The van der Waals surface area contributed by atoms with Crippen LogP contribution >= 0.6 is 11.3 Å². The third kappa shape index (κ3) is 3.71. The summed E-state index contributed by atoms with van der Waals surface area (Å²) in [5.74, 6) is 0.723. The van der Waals surface area contributed by atoms with Gasteiger partial charge in [-0.05, 0) is 54.8 Å². The first-order chi connectivity index (χ1) is 13.7. The summed E-state index contributed by atoms with van der Waals surface area (Å²) in [5, 5.41) is 2.00. The SMILES string of the molecule is CCOc1ccc(C2=[N+](B(F)F)/C(=C\c3ccc(-c4cccs4)[nH]3)C=C2)cc1. The lowest BCUT2D eigenvalue weighted by Gasteiger charge is -2.04. The van der Waals surface area contributed by atoms with Crippen molar-refractivity contribution in [1.82, 2.24) is 4.98 Å². The molecule has 28 heavy (non-hydrogen) atoms. The van der Waals surface area contributed by atoms with E-state index in [4.69, 9.17) is 4.74 Å². The van der Waals surface area contributed by atoms with Crippen LogP contribution in [0.15, 0.2) is 71.8 Å². The number of aromatic nitrogens is 1. The van der Waals surface area contributed by atoms with E-state index in [9.17, 15) is 8.63 Å². The Bertz CT molecular complexity index is 1050. The van der Waals surface area contributed by atoms with Crippen LogP contribution in [0.2, 0.25) is 0 Å². The van der Waals surface area contributed by atoms with E-state index < -0.39 is 7.40 Å². The fraction of sp³-hybridized carbons (Fsp3) is 0.0952. The van der Waals surface area contributed by atoms with Gasteiger partial charge in [0.05, 0.1) is 17.2 Å². The maximum absolute atomic E-state index is 13.8. The lowest BCUT2D eigenvalue weighted by molar-refractivity contribution is -0.339. The Morgan fingerprint density at radius 1 is 1.11 bits per heavy atom. The van der Waals surface area contributed by atoms with E-state index in [-0.39, 0.29) is 0 Å². The lowest BCUT2D eigenvalue weighted by atomic mass is 10.1. The van der Waals surface area contributed by atoms with Gasteiger partial charge in [0, 0.05) is 29.5 Å². The van der Waals surface area contributed by atoms with Crippen molar-refractivity contribution >= 4 is 30.5 Å². The van der Waals surface area contributed by atoms with Gasteiger partial charge in [0.15, 0.2) is 11.4 Å². The highest BCUT2D eigenvalue weighted by atomic mass is 32.1. The third-order valence-electron chi connectivity index (χ3n) is 4.40. The van der Waals surface area contributed by atoms with Crippen molar-refractivity contribution in [3.8, 4) is 16.3 Å². The molecule has 1 aliphatic rings. The van der Waals surface area contributed by atoms with Gasteiger partial charge in [-0.1, -0.05) is 6.07 Å². The van der Waals surface area contributed by atoms with E-state index >= 15 is 0 Å². The number of halogens is 2. The predicted molar refractivity (Wildman–Crippen MR) is 111 cm³/mol. The number of H-pyrrole nitrogens is 1. The predicted octanol–water partition coefficient (Wildman–Crippen LogP) is 5.48. The van der Waals surface area contributed by atoms with Gasteiger partial charge in [-0.25, -0.2) is 13.1 Å². The van der Waals surface area contributed by atoms with E-state index in [1.807, 2.05) is 36.6 Å². The molecule has 1 aromatic carbocycles. The van der Waals surface area contributed by atoms with Crippen LogP contribution < -0.4 is 4.74 Å². The van der Waals surface area contributed by atoms with Gasteiger partial charge < -0.3 is 9.72 Å². The van der Waals surface area contributed by atoms with Crippen molar-refractivity contribution in [1.29, 1.82) is 0 Å². The van der Waals surface area contributed by atoms with E-state index in [1.165, 1.54) is 0 Å². The van der Waals surface area contributed by atoms with Gasteiger partial charge in [-0.2, -0.15) is 0 Å². The molecular formula is C21H18BF2N2OS+. The molecule has 0 fully saturated rings. The Kier molecular flexibility index (Phi) is 5.26. The number of ether oxygens (including phenoxy) is 1. The Morgan fingerprint density at radius 2 is 1.93 bits per heavy atom. The largest absolute Gasteiger partial charge is 0.935 e. The standard InChI is InChI=1S/C21H17BF2N2OS/c1-2-27-18-9-5-15(6-10-18)20-12-8-17(26(20)22(23)24)14-16-7-11-19(25-16)21-4-3-13-28-21/h3-14H,2H2,1H3/p+1. The first kappa shape index (κ1) is 18.4. The number of hydrogen-bond donors (Lipinski definition) is 1. The molecule has 3 aromatic rings. The van der Waals surface area contributed by atoms with Crippen molar-refractivity contribution in [2.45, 2.75) is 6.92 Å². The van der Waals surface area contributed by atoms with Gasteiger partial charge in [0.25, 0.3) is 0 Å². The maximum atomic E-state index is 13.8. The van der Waals surface area contributed by atoms with Gasteiger partial charge in [-0.3, -0.25) is 0 Å². The number of rotatable bonds is 6. The molecule has 0 radical (unpaired) electrons. The molecule has 1 aliphatic heterocycles. The van der Waals surface area contributed by atoms with Crippen LogP contribution in [0.1, 0.15) is 18.2 Å². The Balaban J connectivity index is 1.66. The van der Waals surface area contributed by atoms with E-state index in [0.29, 0.717) is 23.6 Å². The summed E-state index contributed by atoms with van der Waals surface area (Å²) in [5.41, 5.74) is 3.38. The van der Waals surface area contributed by atoms with Crippen molar-refractivity contribution in [3.05, 3.63) is 83.0 Å². The first-order valence-electron chi connectivity index (χ1n) is 8.96. The zero-order chi connectivity index (χ0) is 19.5. The average molecular weight is 395 g/mol. The molecule has 0 unspecified atom stereocenters. The van der Waals surface area contributed by atoms with Crippen LogP contribution in [0.25, 0.3) is 16.6 Å². The van der Waals surface area contributed by atoms with Crippen molar-refractivity contribution < 1.29 is 17.9 Å². The van der Waals surface area contributed by atoms with E-state index in [0.717, 1.165) is 26.5 Å². The number of allylic oxidation sites excluding steroid dienone is 2. The summed E-state index contributed by atoms with van der Waals surface area (Å²) in [6, 6.07) is 15.0. The molecule has 0 spiro atoms. The third-order valence-corrected chi connectivity index (χ3v) is 5.31. The number of nitrogens with zero attached hydrogens (tertiary/aromatic N) is 1. The number of thiophene rings is 1. The number of aromatic amines is 1. The molecule has 0 saturated carbocycles. The van der Waals surface area contributed by atoms with Crippen LogP contribution in [-0.4, -0.2) is 29.2 Å². The number of hydrogen-bond acceptors (Lipinski definition) is 2. The summed E-state index contributed by atoms with van der Waals surface area (Å²) < 4.78 is 34.2. The molecule has 0 amide bonds. The van der Waals surface area contributed by atoms with Crippen LogP contribution in [0, 0.1) is 0 Å². The number of nitrogens with one attached hydrogen (secondary N) is 1. The average Bonchev–Trinajstić information content (AvgIpc) is 3.43. The van der Waals surface area contributed by atoms with Gasteiger partial charge >= 0.3 is 7.40 Å². The second-order valence-corrected chi connectivity index (χ2v) is 7.15. The highest BCUT2D eigenvalue weighted by Gasteiger charge is 2.42. The Labute approximate surface area is 166 Å². The van der Waals surface area contributed by atoms with E-state index in [2.05, 4.69) is 4.98 Å². The summed E-state index contributed by atoms with van der Waals surface area (Å²) in [7, 11) is -2.64. The lowest BCUT2D eigenvalue weighted by Crippen LogP contribution is -2.25. The molecule has 140 valence electrons. The van der Waals surface area contributed by atoms with Crippen molar-refractivity contribution in [2.75, 3.05) is 6.61 Å². The zero-order valence-corrected chi connectivity index (χ0v) is 16.0. The quantitative estimate of drug-likeness (QED) is 0.550. The first-order valence-corrected chi connectivity index (χ1v) is 9.84. The Hall–Kier alpha value is -2.93. The molecule has 0 bridgehead atoms. The minimum Gasteiger partial charge on any atom is -0.494 e. The van der Waals surface area contributed by atoms with Crippen LogP contribution in [0.4, 0.5) is 8.63 Å². The summed E-state index contributed by atoms with van der Waals surface area (Å²) in [6.45, 7) is 2.47. The summed E-state index contributed by atoms with van der Waals surface area (Å²) in [4.78, 5) is 4.39. The minimum atomic E-state index is -2.64. The highest BCUT2D eigenvalue weighted by molar-refractivity contribution is 7.13. The molecule has 4 rings (SSSR count). The fourth-order valence-electron chi connectivity index (χ4n) is 3.15. The second kappa shape index (κ2) is 7.98. The van der Waals surface area contributed by atoms with Crippen LogP contribution in [0.3, 0.4) is 0 Å². The smallest absolute Gasteiger partial charge is 0.494 e. The normalized spacial score (nSPS) is 14.9. The summed E-state index contributed by atoms with van der Waals surface area (Å²) in [6.07, 6.45) is 5.17. The molecular weight excluding hydrogens is 377 g/mol.